The molecule has 2 aromatic carbocycles. The molecular formula is C26H23ClN2O5S. The van der Waals surface area contributed by atoms with Crippen molar-refractivity contribution >= 4 is 35.0 Å². The predicted octanol–water partition coefficient (Wildman–Crippen LogP) is 3.88. The predicted molar refractivity (Wildman–Crippen MR) is 134 cm³/mol. The van der Waals surface area contributed by atoms with Crippen molar-refractivity contribution in [3.05, 3.63) is 89.1 Å². The number of hydrogen-bond acceptors (Lipinski definition) is 7. The van der Waals surface area contributed by atoms with Gasteiger partial charge in [0.25, 0.3) is 5.56 Å². The molecule has 0 spiro atoms. The Morgan fingerprint density at radius 3 is 2.57 bits per heavy atom. The van der Waals surface area contributed by atoms with Crippen LogP contribution in [0.1, 0.15) is 43.5 Å². The van der Waals surface area contributed by atoms with Crippen LogP contribution in [0.3, 0.4) is 0 Å². The molecule has 0 radical (unpaired) electrons. The highest BCUT2D eigenvalue weighted by Crippen LogP contribution is 2.35. The molecule has 0 saturated carbocycles. The summed E-state index contributed by atoms with van der Waals surface area (Å²) in [6, 6.07) is 10.2. The number of aryl methyl sites for hydroxylation is 1. The number of allylic oxidation sites excluding steroid dienone is 1. The fraction of sp³-hybridized carbons (Fsp3) is 0.269. The van der Waals surface area contributed by atoms with Crippen LogP contribution in [0.4, 0.5) is 0 Å². The van der Waals surface area contributed by atoms with Gasteiger partial charge >= 0.3 is 5.97 Å². The number of ether oxygens (including phenoxy) is 3. The Hall–Kier alpha value is -3.36. The van der Waals surface area contributed by atoms with Gasteiger partial charge in [-0.15, -0.1) is 0 Å². The summed E-state index contributed by atoms with van der Waals surface area (Å²) in [5, 5.41) is 0.562. The number of fused-ring (bicyclic) bond motifs is 2. The first-order chi connectivity index (χ1) is 16.7. The molecule has 2 aliphatic rings. The molecule has 35 heavy (non-hydrogen) atoms. The third-order valence-corrected chi connectivity index (χ3v) is 7.05. The van der Waals surface area contributed by atoms with E-state index in [4.69, 9.17) is 25.8 Å². The standard InChI is InChI=1S/C26H23ClN2O5S/c1-13(2)34-25(31)22-15(4)28-26-29(23(22)16-5-7-18(27)8-6-16)24(30)21(35-26)11-17-10-20-19(9-14(17)3)32-12-33-20/h5-11,13,23H,12H2,1-4H3/b21-11-/t23-/m1/s1. The molecule has 0 amide bonds. The highest BCUT2D eigenvalue weighted by Gasteiger charge is 2.33. The zero-order valence-corrected chi connectivity index (χ0v) is 21.2. The average Bonchev–Trinajstić information content (AvgIpc) is 3.36. The first-order valence-corrected chi connectivity index (χ1v) is 12.3. The molecule has 180 valence electrons. The minimum absolute atomic E-state index is 0.177. The normalized spacial score (nSPS) is 17.0. The second-order valence-corrected chi connectivity index (χ2v) is 10.1. The summed E-state index contributed by atoms with van der Waals surface area (Å²) in [7, 11) is 0. The zero-order chi connectivity index (χ0) is 24.9. The minimum Gasteiger partial charge on any atom is -0.459 e. The molecule has 3 aromatic rings. The Bertz CT molecular complexity index is 1550. The van der Waals surface area contributed by atoms with Crippen LogP contribution in [0.2, 0.25) is 5.02 Å². The lowest BCUT2D eigenvalue weighted by Gasteiger charge is -2.25. The van der Waals surface area contributed by atoms with Gasteiger partial charge in [0, 0.05) is 5.02 Å². The maximum absolute atomic E-state index is 13.7. The van der Waals surface area contributed by atoms with E-state index in [0.717, 1.165) is 16.7 Å². The van der Waals surface area contributed by atoms with E-state index >= 15 is 0 Å². The number of benzene rings is 2. The number of thiazole rings is 1. The summed E-state index contributed by atoms with van der Waals surface area (Å²) < 4.78 is 18.5. The summed E-state index contributed by atoms with van der Waals surface area (Å²) >= 11 is 7.39. The van der Waals surface area contributed by atoms with Crippen LogP contribution in [0, 0.1) is 6.92 Å². The van der Waals surface area contributed by atoms with Crippen molar-refractivity contribution in [3.8, 4) is 11.5 Å². The van der Waals surface area contributed by atoms with Gasteiger partial charge < -0.3 is 14.2 Å². The fourth-order valence-corrected chi connectivity index (χ4v) is 5.34. The van der Waals surface area contributed by atoms with Crippen molar-refractivity contribution in [2.75, 3.05) is 6.79 Å². The van der Waals surface area contributed by atoms with Gasteiger partial charge in [-0.25, -0.2) is 9.79 Å². The molecule has 0 bridgehead atoms. The number of esters is 1. The van der Waals surface area contributed by atoms with Gasteiger partial charge in [-0.05, 0) is 74.7 Å². The Balaban J connectivity index is 1.70. The van der Waals surface area contributed by atoms with E-state index in [2.05, 4.69) is 4.99 Å². The van der Waals surface area contributed by atoms with Crippen molar-refractivity contribution in [2.24, 2.45) is 4.99 Å². The maximum atomic E-state index is 13.7. The molecular weight excluding hydrogens is 488 g/mol. The Morgan fingerprint density at radius 1 is 1.20 bits per heavy atom. The molecule has 0 N–H and O–H groups in total. The molecule has 0 aliphatic carbocycles. The SMILES string of the molecule is CC1=C(C(=O)OC(C)C)[C@@H](c2ccc(Cl)cc2)n2c(s/c(=C\c3cc4c(cc3C)OCO4)c2=O)=N1. The van der Waals surface area contributed by atoms with E-state index in [1.807, 2.05) is 37.3 Å². The van der Waals surface area contributed by atoms with Gasteiger partial charge in [-0.3, -0.25) is 9.36 Å². The van der Waals surface area contributed by atoms with E-state index in [1.54, 1.807) is 37.5 Å². The Labute approximate surface area is 210 Å². The van der Waals surface area contributed by atoms with Crippen molar-refractivity contribution in [1.29, 1.82) is 0 Å². The quantitative estimate of drug-likeness (QED) is 0.498. The van der Waals surface area contributed by atoms with Gasteiger partial charge in [0.15, 0.2) is 16.3 Å². The van der Waals surface area contributed by atoms with Crippen LogP contribution in [0.25, 0.3) is 6.08 Å². The summed E-state index contributed by atoms with van der Waals surface area (Å²) in [6.07, 6.45) is 1.51. The molecule has 1 aromatic heterocycles. The van der Waals surface area contributed by atoms with Crippen molar-refractivity contribution in [2.45, 2.75) is 39.8 Å². The lowest BCUT2D eigenvalue weighted by Crippen LogP contribution is -2.40. The molecule has 9 heteroatoms. The minimum atomic E-state index is -0.685. The summed E-state index contributed by atoms with van der Waals surface area (Å²) in [4.78, 5) is 32.0. The van der Waals surface area contributed by atoms with E-state index in [-0.39, 0.29) is 18.5 Å². The van der Waals surface area contributed by atoms with Gasteiger partial charge in [0.2, 0.25) is 6.79 Å². The lowest BCUT2D eigenvalue weighted by atomic mass is 9.96. The summed E-state index contributed by atoms with van der Waals surface area (Å²) in [6.45, 7) is 7.46. The molecule has 1 atom stereocenters. The second-order valence-electron chi connectivity index (χ2n) is 8.65. The number of nitrogens with zero attached hydrogens (tertiary/aromatic N) is 2. The smallest absolute Gasteiger partial charge is 0.338 e. The van der Waals surface area contributed by atoms with Crippen LogP contribution in [0.15, 0.2) is 57.5 Å². The molecule has 0 unspecified atom stereocenters. The number of aromatic nitrogens is 1. The highest BCUT2D eigenvalue weighted by molar-refractivity contribution is 7.07. The number of carbonyl (C=O) groups is 1. The second kappa shape index (κ2) is 9.02. The first kappa shape index (κ1) is 23.4. The highest BCUT2D eigenvalue weighted by atomic mass is 35.5. The topological polar surface area (TPSA) is 79.1 Å². The molecule has 5 rings (SSSR count). The first-order valence-electron chi connectivity index (χ1n) is 11.1. The fourth-order valence-electron chi connectivity index (χ4n) is 4.18. The van der Waals surface area contributed by atoms with E-state index in [0.29, 0.717) is 37.1 Å². The lowest BCUT2D eigenvalue weighted by molar-refractivity contribution is -0.143. The van der Waals surface area contributed by atoms with Gasteiger partial charge in [-0.2, -0.15) is 0 Å². The number of halogens is 1. The monoisotopic (exact) mass is 510 g/mol. The van der Waals surface area contributed by atoms with Crippen molar-refractivity contribution < 1.29 is 19.0 Å². The summed E-state index contributed by atoms with van der Waals surface area (Å²) in [5.41, 5.74) is 3.14. The Kier molecular flexibility index (Phi) is 6.02. The van der Waals surface area contributed by atoms with Gasteiger partial charge in [0.1, 0.15) is 0 Å². The molecule has 7 nitrogen and oxygen atoms in total. The average molecular weight is 511 g/mol. The number of hydrogen-bond donors (Lipinski definition) is 0. The number of carbonyl (C=O) groups excluding carboxylic acids is 1. The molecule has 0 fully saturated rings. The maximum Gasteiger partial charge on any atom is 0.338 e. The zero-order valence-electron chi connectivity index (χ0n) is 19.6. The summed E-state index contributed by atoms with van der Waals surface area (Å²) in [5.74, 6) is 0.832. The van der Waals surface area contributed by atoms with Crippen LogP contribution in [-0.4, -0.2) is 23.4 Å². The van der Waals surface area contributed by atoms with Crippen LogP contribution in [0.5, 0.6) is 11.5 Å². The van der Waals surface area contributed by atoms with Crippen LogP contribution >= 0.6 is 22.9 Å². The third-order valence-electron chi connectivity index (χ3n) is 5.82. The largest absolute Gasteiger partial charge is 0.459 e. The van der Waals surface area contributed by atoms with Crippen molar-refractivity contribution in [1.82, 2.24) is 4.57 Å². The van der Waals surface area contributed by atoms with E-state index < -0.39 is 12.0 Å². The molecule has 0 saturated heterocycles. The van der Waals surface area contributed by atoms with Gasteiger partial charge in [0.05, 0.1) is 27.9 Å². The van der Waals surface area contributed by atoms with E-state index in [1.165, 1.54) is 11.3 Å². The van der Waals surface area contributed by atoms with E-state index in [9.17, 15) is 9.59 Å². The number of rotatable bonds is 4. The van der Waals surface area contributed by atoms with Crippen molar-refractivity contribution in [3.63, 3.8) is 0 Å². The van der Waals surface area contributed by atoms with Gasteiger partial charge in [-0.1, -0.05) is 35.1 Å². The molecule has 3 heterocycles. The molecule has 2 aliphatic heterocycles. The third kappa shape index (κ3) is 4.28. The van der Waals surface area contributed by atoms with Crippen LogP contribution in [-0.2, 0) is 9.53 Å². The Morgan fingerprint density at radius 2 is 1.89 bits per heavy atom. The van der Waals surface area contributed by atoms with Crippen LogP contribution < -0.4 is 24.4 Å².